The van der Waals surface area contributed by atoms with Gasteiger partial charge in [-0.1, -0.05) is 45.0 Å². The van der Waals surface area contributed by atoms with Gasteiger partial charge >= 0.3 is 0 Å². The predicted octanol–water partition coefficient (Wildman–Crippen LogP) is 5.64. The van der Waals surface area contributed by atoms with Crippen molar-refractivity contribution in [3.63, 3.8) is 0 Å². The molecule has 0 spiro atoms. The zero-order valence-corrected chi connectivity index (χ0v) is 18.9. The average Bonchev–Trinajstić information content (AvgIpc) is 3.23. The molecule has 1 heterocycles. The summed E-state index contributed by atoms with van der Waals surface area (Å²) in [6, 6.07) is 8.24. The van der Waals surface area contributed by atoms with Gasteiger partial charge in [0, 0.05) is 4.88 Å². The van der Waals surface area contributed by atoms with Crippen LogP contribution >= 0.6 is 11.3 Å². The molecule has 1 aromatic heterocycles. The monoisotopic (exact) mass is 416 g/mol. The summed E-state index contributed by atoms with van der Waals surface area (Å²) in [6.45, 7) is 6.23. The Bertz CT molecular complexity index is 787. The number of thiophene rings is 1. The standard InChI is InChI=1S/C25H36O3S/c1-4-21(8-7-13-25(28,5-2)6-3)24-15-20(18-29-24)10-9-19-11-12-22(16-26)23(14-19)17-27/h8,11-12,14-15,18,26-28H,4-7,9-10,13,16-17H2,1-3H3. The molecular weight excluding hydrogens is 380 g/mol. The number of aryl methyl sites for hydroxylation is 2. The number of aliphatic hydroxyl groups is 3. The second-order valence-corrected chi connectivity index (χ2v) is 8.70. The summed E-state index contributed by atoms with van der Waals surface area (Å²) in [4.78, 5) is 1.32. The van der Waals surface area contributed by atoms with Crippen LogP contribution in [-0.4, -0.2) is 20.9 Å². The highest BCUT2D eigenvalue weighted by Gasteiger charge is 2.20. The SMILES string of the molecule is CCC(=CCCC(O)(CC)CC)c1cc(CCc2ccc(CO)c(CO)c2)cs1. The van der Waals surface area contributed by atoms with Crippen molar-refractivity contribution < 1.29 is 15.3 Å². The number of aliphatic hydroxyl groups excluding tert-OH is 2. The molecule has 0 saturated carbocycles. The smallest absolute Gasteiger partial charge is 0.0685 e. The van der Waals surface area contributed by atoms with Crippen molar-refractivity contribution in [1.29, 1.82) is 0 Å². The third-order valence-corrected chi connectivity index (χ3v) is 7.04. The molecule has 0 aliphatic heterocycles. The van der Waals surface area contributed by atoms with Crippen molar-refractivity contribution in [3.05, 3.63) is 62.9 Å². The molecular formula is C25H36O3S. The molecule has 3 nitrogen and oxygen atoms in total. The van der Waals surface area contributed by atoms with Crippen molar-refractivity contribution >= 4 is 16.9 Å². The van der Waals surface area contributed by atoms with E-state index in [1.54, 1.807) is 11.3 Å². The molecule has 0 bridgehead atoms. The van der Waals surface area contributed by atoms with Crippen LogP contribution in [0.4, 0.5) is 0 Å². The Hall–Kier alpha value is -1.46. The molecule has 0 fully saturated rings. The maximum absolute atomic E-state index is 10.5. The fraction of sp³-hybridized carbons (Fsp3) is 0.520. The molecule has 0 aliphatic rings. The first-order valence-corrected chi connectivity index (χ1v) is 11.7. The molecule has 2 aromatic rings. The van der Waals surface area contributed by atoms with Gasteiger partial charge in [0.05, 0.1) is 18.8 Å². The first kappa shape index (κ1) is 23.8. The minimum absolute atomic E-state index is 0.0376. The third-order valence-electron chi connectivity index (χ3n) is 5.98. The Balaban J connectivity index is 1.99. The van der Waals surface area contributed by atoms with E-state index in [2.05, 4.69) is 38.3 Å². The normalized spacial score (nSPS) is 12.6. The summed E-state index contributed by atoms with van der Waals surface area (Å²) in [5, 5.41) is 31.5. The van der Waals surface area contributed by atoms with Crippen LogP contribution in [0.1, 0.15) is 80.0 Å². The van der Waals surface area contributed by atoms with Crippen LogP contribution < -0.4 is 0 Å². The molecule has 0 aliphatic carbocycles. The average molecular weight is 417 g/mol. The number of rotatable bonds is 12. The molecule has 160 valence electrons. The van der Waals surface area contributed by atoms with E-state index in [1.807, 2.05) is 18.2 Å². The van der Waals surface area contributed by atoms with Crippen LogP contribution in [0.2, 0.25) is 0 Å². The van der Waals surface area contributed by atoms with Gasteiger partial charge in [-0.2, -0.15) is 0 Å². The minimum atomic E-state index is -0.533. The molecule has 0 unspecified atom stereocenters. The second-order valence-electron chi connectivity index (χ2n) is 7.79. The second kappa shape index (κ2) is 11.7. The fourth-order valence-electron chi connectivity index (χ4n) is 3.64. The summed E-state index contributed by atoms with van der Waals surface area (Å²) >= 11 is 1.80. The van der Waals surface area contributed by atoms with Gasteiger partial charge < -0.3 is 15.3 Å². The van der Waals surface area contributed by atoms with Crippen LogP contribution in [0.25, 0.3) is 5.57 Å². The summed E-state index contributed by atoms with van der Waals surface area (Å²) in [7, 11) is 0. The van der Waals surface area contributed by atoms with E-state index in [9.17, 15) is 15.3 Å². The molecule has 0 atom stereocenters. The van der Waals surface area contributed by atoms with Crippen LogP contribution in [0, 0.1) is 0 Å². The molecule has 2 rings (SSSR count). The fourth-order valence-corrected chi connectivity index (χ4v) is 4.70. The predicted molar refractivity (Wildman–Crippen MR) is 123 cm³/mol. The molecule has 1 aromatic carbocycles. The molecule has 29 heavy (non-hydrogen) atoms. The summed E-state index contributed by atoms with van der Waals surface area (Å²) in [5.74, 6) is 0. The van der Waals surface area contributed by atoms with Gasteiger partial charge in [0.25, 0.3) is 0 Å². The van der Waals surface area contributed by atoms with Crippen molar-refractivity contribution in [2.75, 3.05) is 0 Å². The Morgan fingerprint density at radius 1 is 0.966 bits per heavy atom. The van der Waals surface area contributed by atoms with E-state index in [-0.39, 0.29) is 13.2 Å². The van der Waals surface area contributed by atoms with E-state index in [0.717, 1.165) is 56.1 Å². The van der Waals surface area contributed by atoms with E-state index in [1.165, 1.54) is 21.6 Å². The van der Waals surface area contributed by atoms with Gasteiger partial charge in [-0.25, -0.2) is 0 Å². The zero-order chi connectivity index (χ0) is 21.3. The Labute approximate surface area is 179 Å². The van der Waals surface area contributed by atoms with Crippen molar-refractivity contribution in [2.45, 2.75) is 84.5 Å². The summed E-state index contributed by atoms with van der Waals surface area (Å²) in [6.07, 6.45) is 8.52. The highest BCUT2D eigenvalue weighted by atomic mass is 32.1. The number of hydrogen-bond donors (Lipinski definition) is 3. The van der Waals surface area contributed by atoms with E-state index in [0.29, 0.717) is 0 Å². The highest BCUT2D eigenvalue weighted by Crippen LogP contribution is 2.29. The lowest BCUT2D eigenvalue weighted by atomic mass is 9.91. The molecule has 3 N–H and O–H groups in total. The van der Waals surface area contributed by atoms with Gasteiger partial charge in [-0.15, -0.1) is 11.3 Å². The van der Waals surface area contributed by atoms with E-state index >= 15 is 0 Å². The van der Waals surface area contributed by atoms with Crippen LogP contribution in [-0.2, 0) is 26.1 Å². The Kier molecular flexibility index (Phi) is 9.57. The molecule has 0 amide bonds. The Morgan fingerprint density at radius 2 is 1.66 bits per heavy atom. The highest BCUT2D eigenvalue weighted by molar-refractivity contribution is 7.11. The van der Waals surface area contributed by atoms with Crippen molar-refractivity contribution in [3.8, 4) is 0 Å². The first-order valence-electron chi connectivity index (χ1n) is 10.8. The van der Waals surface area contributed by atoms with Gasteiger partial charge in [-0.05, 0) is 84.2 Å². The van der Waals surface area contributed by atoms with Gasteiger partial charge in [0.15, 0.2) is 0 Å². The maximum Gasteiger partial charge on any atom is 0.0685 e. The number of allylic oxidation sites excluding steroid dienone is 2. The lowest BCUT2D eigenvalue weighted by Crippen LogP contribution is -2.25. The van der Waals surface area contributed by atoms with Crippen molar-refractivity contribution in [2.24, 2.45) is 0 Å². The first-order chi connectivity index (χ1) is 14.0. The van der Waals surface area contributed by atoms with Gasteiger partial charge in [0.2, 0.25) is 0 Å². The van der Waals surface area contributed by atoms with E-state index < -0.39 is 5.60 Å². The maximum atomic E-state index is 10.5. The van der Waals surface area contributed by atoms with Crippen LogP contribution in [0.5, 0.6) is 0 Å². The third kappa shape index (κ3) is 6.78. The topological polar surface area (TPSA) is 60.7 Å². The lowest BCUT2D eigenvalue weighted by molar-refractivity contribution is 0.0246. The van der Waals surface area contributed by atoms with Gasteiger partial charge in [0.1, 0.15) is 0 Å². The molecule has 4 heteroatoms. The molecule has 0 radical (unpaired) electrons. The zero-order valence-electron chi connectivity index (χ0n) is 18.1. The summed E-state index contributed by atoms with van der Waals surface area (Å²) in [5.41, 5.74) is 4.96. The van der Waals surface area contributed by atoms with E-state index in [4.69, 9.17) is 0 Å². The van der Waals surface area contributed by atoms with Gasteiger partial charge in [-0.3, -0.25) is 0 Å². The lowest BCUT2D eigenvalue weighted by Gasteiger charge is -2.24. The van der Waals surface area contributed by atoms with Crippen LogP contribution in [0.3, 0.4) is 0 Å². The largest absolute Gasteiger partial charge is 0.392 e. The minimum Gasteiger partial charge on any atom is -0.392 e. The quantitative estimate of drug-likeness (QED) is 0.419. The number of hydrogen-bond acceptors (Lipinski definition) is 4. The number of benzene rings is 1. The molecule has 0 saturated heterocycles. The van der Waals surface area contributed by atoms with Crippen LogP contribution in [0.15, 0.2) is 35.7 Å². The Morgan fingerprint density at radius 3 is 2.28 bits per heavy atom. The summed E-state index contributed by atoms with van der Waals surface area (Å²) < 4.78 is 0. The van der Waals surface area contributed by atoms with Crippen molar-refractivity contribution in [1.82, 2.24) is 0 Å².